The normalized spacial score (nSPS) is 10.6. The van der Waals surface area contributed by atoms with Gasteiger partial charge < -0.3 is 4.74 Å². The van der Waals surface area contributed by atoms with Gasteiger partial charge in [-0.3, -0.25) is 0 Å². The summed E-state index contributed by atoms with van der Waals surface area (Å²) < 4.78 is 5.17. The molecule has 0 aliphatic heterocycles. The van der Waals surface area contributed by atoms with Crippen molar-refractivity contribution < 1.29 is 4.74 Å². The van der Waals surface area contributed by atoms with E-state index < -0.39 is 0 Å². The highest BCUT2D eigenvalue weighted by molar-refractivity contribution is 6.34. The Morgan fingerprint density at radius 3 is 2.75 bits per heavy atom. The fraction of sp³-hybridized carbons (Fsp3) is 0.111. The third kappa shape index (κ3) is 2.43. The predicted molar refractivity (Wildman–Crippen MR) is 51.9 cm³/mol. The van der Waals surface area contributed by atoms with E-state index in [4.69, 9.17) is 27.9 Å². The van der Waals surface area contributed by atoms with E-state index in [-0.39, 0.29) is 0 Å². The molecule has 0 atom stereocenters. The number of allylic oxidation sites excluding steroid dienone is 1. The molecule has 0 N–H and O–H groups in total. The molecule has 3 heteroatoms. The molecule has 0 aliphatic carbocycles. The van der Waals surface area contributed by atoms with Gasteiger partial charge >= 0.3 is 0 Å². The Labute approximate surface area is 81.6 Å². The fourth-order valence-electron chi connectivity index (χ4n) is 0.709. The summed E-state index contributed by atoms with van der Waals surface area (Å²) in [6.45, 7) is 1.86. The first-order chi connectivity index (χ1) is 5.74. The molecule has 12 heavy (non-hydrogen) atoms. The number of hydrogen-bond acceptors (Lipinski definition) is 1. The number of halogens is 2. The van der Waals surface area contributed by atoms with Crippen molar-refractivity contribution in [3.8, 4) is 5.75 Å². The second-order valence-electron chi connectivity index (χ2n) is 2.16. The van der Waals surface area contributed by atoms with Gasteiger partial charge in [-0.15, -0.1) is 0 Å². The molecule has 0 saturated heterocycles. The first-order valence-electron chi connectivity index (χ1n) is 3.47. The minimum Gasteiger partial charge on any atom is -0.464 e. The molecule has 0 unspecified atom stereocenters. The van der Waals surface area contributed by atoms with Crippen molar-refractivity contribution in [3.05, 3.63) is 40.6 Å². The summed E-state index contributed by atoms with van der Waals surface area (Å²) in [6, 6.07) is 5.08. The lowest BCUT2D eigenvalue weighted by Crippen LogP contribution is -1.82. The first kappa shape index (κ1) is 9.43. The zero-order chi connectivity index (χ0) is 8.97. The Morgan fingerprint density at radius 2 is 2.08 bits per heavy atom. The van der Waals surface area contributed by atoms with Gasteiger partial charge in [-0.25, -0.2) is 0 Å². The average Bonchev–Trinajstić information content (AvgIpc) is 2.07. The van der Waals surface area contributed by atoms with Crippen LogP contribution in [0.4, 0.5) is 0 Å². The van der Waals surface area contributed by atoms with Crippen LogP contribution in [0.25, 0.3) is 0 Å². The van der Waals surface area contributed by atoms with Gasteiger partial charge in [-0.05, 0) is 19.1 Å². The van der Waals surface area contributed by atoms with Crippen LogP contribution >= 0.6 is 23.2 Å². The van der Waals surface area contributed by atoms with Gasteiger partial charge in [0.25, 0.3) is 0 Å². The molecule has 0 amide bonds. The molecule has 0 aromatic heterocycles. The smallest absolute Gasteiger partial charge is 0.146 e. The second kappa shape index (κ2) is 4.39. The van der Waals surface area contributed by atoms with Crippen molar-refractivity contribution in [2.75, 3.05) is 0 Å². The monoisotopic (exact) mass is 202 g/mol. The van der Waals surface area contributed by atoms with Crippen LogP contribution in [0, 0.1) is 0 Å². The van der Waals surface area contributed by atoms with Crippen LogP contribution in [0.2, 0.25) is 10.0 Å². The van der Waals surface area contributed by atoms with Gasteiger partial charge in [0, 0.05) is 11.1 Å². The summed E-state index contributed by atoms with van der Waals surface area (Å²) in [5, 5.41) is 1.16. The zero-order valence-corrected chi connectivity index (χ0v) is 8.06. The quantitative estimate of drug-likeness (QED) is 0.662. The third-order valence-electron chi connectivity index (χ3n) is 1.22. The summed E-state index contributed by atoms with van der Waals surface area (Å²) in [5.41, 5.74) is 0. The molecule has 64 valence electrons. The van der Waals surface area contributed by atoms with Crippen molar-refractivity contribution >= 4 is 23.2 Å². The van der Waals surface area contributed by atoms with E-state index in [2.05, 4.69) is 0 Å². The van der Waals surface area contributed by atoms with Gasteiger partial charge in [0.1, 0.15) is 5.75 Å². The van der Waals surface area contributed by atoms with Crippen molar-refractivity contribution in [2.45, 2.75) is 6.92 Å². The largest absolute Gasteiger partial charge is 0.464 e. The minimum atomic E-state index is 0.553. The lowest BCUT2D eigenvalue weighted by Gasteiger charge is -2.02. The molecular formula is C9H8Cl2O. The van der Waals surface area contributed by atoms with Crippen molar-refractivity contribution in [2.24, 2.45) is 0 Å². The van der Waals surface area contributed by atoms with E-state index in [0.717, 1.165) is 0 Å². The highest BCUT2D eigenvalue weighted by atomic mass is 35.5. The van der Waals surface area contributed by atoms with E-state index in [1.165, 1.54) is 0 Å². The number of ether oxygens (including phenoxy) is 1. The molecule has 0 heterocycles. The van der Waals surface area contributed by atoms with Gasteiger partial charge in [-0.1, -0.05) is 29.3 Å². The standard InChI is InChI=1S/C9H8Cl2O/c1-2-5-12-9-6-7(10)3-4-8(9)11/h2-6H,1H3/b5-2-. The predicted octanol–water partition coefficient (Wildman–Crippen LogP) is 3.91. The van der Waals surface area contributed by atoms with E-state index in [1.807, 2.05) is 6.92 Å². The van der Waals surface area contributed by atoms with Crippen LogP contribution < -0.4 is 4.74 Å². The highest BCUT2D eigenvalue weighted by Gasteiger charge is 1.99. The summed E-state index contributed by atoms with van der Waals surface area (Å²) in [5.74, 6) is 0.572. The topological polar surface area (TPSA) is 9.23 Å². The summed E-state index contributed by atoms with van der Waals surface area (Å²) >= 11 is 11.5. The summed E-state index contributed by atoms with van der Waals surface area (Å²) in [7, 11) is 0. The van der Waals surface area contributed by atoms with E-state index in [9.17, 15) is 0 Å². The maximum Gasteiger partial charge on any atom is 0.146 e. The zero-order valence-electron chi connectivity index (χ0n) is 6.55. The number of rotatable bonds is 2. The summed E-state index contributed by atoms with van der Waals surface area (Å²) in [4.78, 5) is 0. The first-order valence-corrected chi connectivity index (χ1v) is 4.22. The molecule has 1 nitrogen and oxygen atoms in total. The van der Waals surface area contributed by atoms with E-state index >= 15 is 0 Å². The highest BCUT2D eigenvalue weighted by Crippen LogP contribution is 2.27. The SMILES string of the molecule is C/C=C\Oc1cc(Cl)ccc1Cl. The number of hydrogen-bond donors (Lipinski definition) is 0. The van der Waals surface area contributed by atoms with Crippen LogP contribution in [-0.2, 0) is 0 Å². The van der Waals surface area contributed by atoms with Crippen molar-refractivity contribution in [1.29, 1.82) is 0 Å². The molecule has 0 spiro atoms. The Bertz CT molecular complexity index is 295. The Kier molecular flexibility index (Phi) is 3.45. The molecule has 1 rings (SSSR count). The van der Waals surface area contributed by atoms with Gasteiger partial charge in [0.2, 0.25) is 0 Å². The lowest BCUT2D eigenvalue weighted by atomic mass is 10.3. The molecule has 0 saturated carbocycles. The van der Waals surface area contributed by atoms with Gasteiger partial charge in [-0.2, -0.15) is 0 Å². The van der Waals surface area contributed by atoms with Gasteiger partial charge in [0.15, 0.2) is 0 Å². The van der Waals surface area contributed by atoms with Crippen molar-refractivity contribution in [3.63, 3.8) is 0 Å². The molecule has 0 radical (unpaired) electrons. The number of benzene rings is 1. The molecule has 0 aliphatic rings. The molecule has 1 aromatic rings. The molecule has 0 fully saturated rings. The summed E-state index contributed by atoms with van der Waals surface area (Å²) in [6.07, 6.45) is 3.33. The Balaban J connectivity index is 2.89. The molecule has 1 aromatic carbocycles. The maximum atomic E-state index is 5.81. The molecule has 0 bridgehead atoms. The lowest BCUT2D eigenvalue weighted by molar-refractivity contribution is 0.480. The van der Waals surface area contributed by atoms with Crippen molar-refractivity contribution in [1.82, 2.24) is 0 Å². The maximum absolute atomic E-state index is 5.81. The second-order valence-corrected chi connectivity index (χ2v) is 3.01. The van der Waals surface area contributed by atoms with E-state index in [1.54, 1.807) is 30.5 Å². The van der Waals surface area contributed by atoms with Crippen LogP contribution in [0.3, 0.4) is 0 Å². The van der Waals surface area contributed by atoms with Crippen LogP contribution in [0.15, 0.2) is 30.5 Å². The Morgan fingerprint density at radius 1 is 1.33 bits per heavy atom. The molecular weight excluding hydrogens is 195 g/mol. The third-order valence-corrected chi connectivity index (χ3v) is 1.77. The minimum absolute atomic E-state index is 0.553. The van der Waals surface area contributed by atoms with Gasteiger partial charge in [0.05, 0.1) is 11.3 Å². The average molecular weight is 203 g/mol. The van der Waals surface area contributed by atoms with Crippen LogP contribution in [-0.4, -0.2) is 0 Å². The van der Waals surface area contributed by atoms with Crippen LogP contribution in [0.1, 0.15) is 6.92 Å². The van der Waals surface area contributed by atoms with E-state index in [0.29, 0.717) is 15.8 Å². The van der Waals surface area contributed by atoms with Crippen LogP contribution in [0.5, 0.6) is 5.75 Å². The Hall–Kier alpha value is -0.660. The fourth-order valence-corrected chi connectivity index (χ4v) is 1.03.